The Morgan fingerprint density at radius 1 is 1.12 bits per heavy atom. The van der Waals surface area contributed by atoms with Gasteiger partial charge in [0.15, 0.2) is 8.32 Å². The van der Waals surface area contributed by atoms with Crippen molar-refractivity contribution in [3.8, 4) is 0 Å². The van der Waals surface area contributed by atoms with Crippen molar-refractivity contribution in [3.63, 3.8) is 0 Å². The first-order valence-electron chi connectivity index (χ1n) is 10.2. The van der Waals surface area contributed by atoms with Gasteiger partial charge in [-0.3, -0.25) is 0 Å². The minimum atomic E-state index is -1.63. The Kier molecular flexibility index (Phi) is 8.62. The van der Waals surface area contributed by atoms with Crippen LogP contribution >= 0.6 is 0 Å². The number of alkyl carbamates (subject to hydrolysis) is 1. The zero-order valence-corrected chi connectivity index (χ0v) is 19.4. The van der Waals surface area contributed by atoms with E-state index in [-0.39, 0.29) is 17.2 Å². The van der Waals surface area contributed by atoms with E-state index < -0.39 is 13.9 Å². The Morgan fingerprint density at radius 2 is 1.77 bits per heavy atom. The summed E-state index contributed by atoms with van der Waals surface area (Å²) >= 11 is 0. The summed E-state index contributed by atoms with van der Waals surface area (Å²) in [6, 6.07) is 0.221. The van der Waals surface area contributed by atoms with Gasteiger partial charge < -0.3 is 19.4 Å². The third-order valence-corrected chi connectivity index (χ3v) is 9.97. The normalized spacial score (nSPS) is 20.5. The van der Waals surface area contributed by atoms with Crippen LogP contribution < -0.4 is 5.32 Å². The summed E-state index contributed by atoms with van der Waals surface area (Å²) in [7, 11) is -1.63. The number of nitrogens with one attached hydrogen (secondary N) is 1. The topological polar surface area (TPSA) is 50.8 Å². The lowest BCUT2D eigenvalue weighted by Gasteiger charge is -2.36. The summed E-state index contributed by atoms with van der Waals surface area (Å²) in [5, 5.41) is 3.31. The van der Waals surface area contributed by atoms with Crippen molar-refractivity contribution in [2.24, 2.45) is 0 Å². The van der Waals surface area contributed by atoms with Crippen LogP contribution in [0.3, 0.4) is 0 Å². The Hall–Kier alpha value is -0.593. The van der Waals surface area contributed by atoms with Crippen molar-refractivity contribution >= 4 is 14.4 Å². The molecule has 1 N–H and O–H groups in total. The van der Waals surface area contributed by atoms with Crippen molar-refractivity contribution < 1.29 is 14.0 Å². The van der Waals surface area contributed by atoms with Gasteiger partial charge in [0.1, 0.15) is 5.60 Å². The van der Waals surface area contributed by atoms with Crippen LogP contribution in [0.4, 0.5) is 4.79 Å². The quantitative estimate of drug-likeness (QED) is 0.527. The second kappa shape index (κ2) is 9.56. The summed E-state index contributed by atoms with van der Waals surface area (Å²) in [5.74, 6) is 0. The molecule has 1 heterocycles. The molecular weight excluding hydrogens is 344 g/mol. The molecule has 6 heteroatoms. The highest BCUT2D eigenvalue weighted by molar-refractivity contribution is 6.74. The van der Waals surface area contributed by atoms with Crippen LogP contribution in [0.2, 0.25) is 18.1 Å². The number of carbonyl (C=O) groups is 1. The fourth-order valence-electron chi connectivity index (χ4n) is 2.83. The van der Waals surface area contributed by atoms with E-state index in [4.69, 9.17) is 9.16 Å². The lowest BCUT2D eigenvalue weighted by Crippen LogP contribution is -2.41. The van der Waals surface area contributed by atoms with Crippen LogP contribution in [-0.4, -0.2) is 57.2 Å². The zero-order valence-electron chi connectivity index (χ0n) is 18.4. The summed E-state index contributed by atoms with van der Waals surface area (Å²) in [6.07, 6.45) is 3.91. The molecule has 1 aliphatic heterocycles. The summed E-state index contributed by atoms with van der Waals surface area (Å²) in [5.41, 5.74) is -0.439. The fourth-order valence-corrected chi connectivity index (χ4v) is 3.92. The maximum absolute atomic E-state index is 11.9. The van der Waals surface area contributed by atoms with Crippen molar-refractivity contribution in [3.05, 3.63) is 0 Å². The number of ether oxygens (including phenoxy) is 1. The van der Waals surface area contributed by atoms with Gasteiger partial charge >= 0.3 is 6.09 Å². The molecule has 0 aromatic carbocycles. The van der Waals surface area contributed by atoms with E-state index in [2.05, 4.69) is 44.1 Å². The van der Waals surface area contributed by atoms with Gasteiger partial charge in [0.2, 0.25) is 0 Å². The lowest BCUT2D eigenvalue weighted by molar-refractivity contribution is 0.0500. The van der Waals surface area contributed by atoms with Gasteiger partial charge in [0, 0.05) is 25.7 Å². The largest absolute Gasteiger partial charge is 0.444 e. The maximum atomic E-state index is 11.9. The van der Waals surface area contributed by atoms with Crippen LogP contribution in [0.5, 0.6) is 0 Å². The Bertz CT molecular complexity index is 441. The Balaban J connectivity index is 2.29. The summed E-state index contributed by atoms with van der Waals surface area (Å²) in [6.45, 7) is 21.2. The van der Waals surface area contributed by atoms with Crippen molar-refractivity contribution in [2.75, 3.05) is 26.2 Å². The van der Waals surface area contributed by atoms with Gasteiger partial charge in [0.05, 0.1) is 0 Å². The lowest BCUT2D eigenvalue weighted by atomic mass is 10.1. The third kappa shape index (κ3) is 8.87. The standard InChI is InChI=1S/C20H42N2O3Si/c1-19(2,3)25-18(23)21-17-11-9-13-22(15-12-17)14-10-16-24-26(7,8)20(4,5)6/h17H,9-16H2,1-8H3,(H,21,23)/t17-/m0/s1. The van der Waals surface area contributed by atoms with Gasteiger partial charge in [0.25, 0.3) is 0 Å². The second-order valence-electron chi connectivity index (χ2n) is 10.1. The number of nitrogens with zero attached hydrogens (tertiary/aromatic N) is 1. The van der Waals surface area contributed by atoms with Gasteiger partial charge in [-0.1, -0.05) is 20.8 Å². The Morgan fingerprint density at radius 3 is 2.35 bits per heavy atom. The van der Waals surface area contributed by atoms with Gasteiger partial charge in [-0.2, -0.15) is 0 Å². The monoisotopic (exact) mass is 386 g/mol. The zero-order chi connectivity index (χ0) is 20.0. The number of likely N-dealkylation sites (tertiary alicyclic amines) is 1. The van der Waals surface area contributed by atoms with Crippen LogP contribution in [0, 0.1) is 0 Å². The summed E-state index contributed by atoms with van der Waals surface area (Å²) < 4.78 is 11.6. The van der Waals surface area contributed by atoms with E-state index in [1.54, 1.807) is 0 Å². The number of amides is 1. The molecule has 0 aromatic heterocycles. The highest BCUT2D eigenvalue weighted by Crippen LogP contribution is 2.36. The molecule has 0 aromatic rings. The molecule has 1 saturated heterocycles. The molecule has 1 amide bonds. The SMILES string of the molecule is CC(C)(C)OC(=O)N[C@H]1CCCN(CCCO[Si](C)(C)C(C)(C)C)CC1. The van der Waals surface area contributed by atoms with Crippen molar-refractivity contribution in [1.29, 1.82) is 0 Å². The number of hydrogen-bond acceptors (Lipinski definition) is 4. The molecule has 154 valence electrons. The average molecular weight is 387 g/mol. The maximum Gasteiger partial charge on any atom is 0.407 e. The molecular formula is C20H42N2O3Si. The van der Waals surface area contributed by atoms with Crippen molar-refractivity contribution in [2.45, 2.75) is 97.0 Å². The van der Waals surface area contributed by atoms with E-state index in [0.29, 0.717) is 0 Å². The molecule has 26 heavy (non-hydrogen) atoms. The molecule has 0 saturated carbocycles. The van der Waals surface area contributed by atoms with E-state index in [1.807, 2.05) is 20.8 Å². The highest BCUT2D eigenvalue weighted by atomic mass is 28.4. The molecule has 1 rings (SSSR count). The van der Waals surface area contributed by atoms with E-state index in [0.717, 1.165) is 51.9 Å². The molecule has 5 nitrogen and oxygen atoms in total. The first-order valence-corrected chi connectivity index (χ1v) is 13.1. The van der Waals surface area contributed by atoms with E-state index >= 15 is 0 Å². The number of carbonyl (C=O) groups excluding carboxylic acids is 1. The Labute approximate surface area is 162 Å². The minimum Gasteiger partial charge on any atom is -0.444 e. The van der Waals surface area contributed by atoms with Gasteiger partial charge in [-0.25, -0.2) is 4.79 Å². The predicted octanol–water partition coefficient (Wildman–Crippen LogP) is 4.78. The van der Waals surface area contributed by atoms with E-state index in [9.17, 15) is 4.79 Å². The molecule has 1 atom stereocenters. The molecule has 1 fully saturated rings. The second-order valence-corrected chi connectivity index (χ2v) is 14.9. The predicted molar refractivity (Wildman–Crippen MR) is 111 cm³/mol. The third-order valence-electron chi connectivity index (χ3n) is 5.43. The number of hydrogen-bond donors (Lipinski definition) is 1. The van der Waals surface area contributed by atoms with Crippen LogP contribution in [0.25, 0.3) is 0 Å². The number of rotatable bonds is 6. The molecule has 1 aliphatic rings. The fraction of sp³-hybridized carbons (Fsp3) is 0.950. The van der Waals surface area contributed by atoms with Gasteiger partial charge in [-0.05, 0) is 71.1 Å². The molecule has 0 aliphatic carbocycles. The highest BCUT2D eigenvalue weighted by Gasteiger charge is 2.36. The van der Waals surface area contributed by atoms with Crippen LogP contribution in [0.15, 0.2) is 0 Å². The van der Waals surface area contributed by atoms with Crippen LogP contribution in [0.1, 0.15) is 67.2 Å². The van der Waals surface area contributed by atoms with Crippen molar-refractivity contribution in [1.82, 2.24) is 10.2 Å². The van der Waals surface area contributed by atoms with Gasteiger partial charge in [-0.15, -0.1) is 0 Å². The first kappa shape index (κ1) is 23.4. The average Bonchev–Trinajstić information content (AvgIpc) is 2.65. The van der Waals surface area contributed by atoms with Crippen LogP contribution in [-0.2, 0) is 9.16 Å². The molecule has 0 unspecified atom stereocenters. The first-order chi connectivity index (χ1) is 11.8. The van der Waals surface area contributed by atoms with E-state index in [1.165, 1.54) is 0 Å². The molecule has 0 bridgehead atoms. The minimum absolute atomic E-state index is 0.221. The molecule has 0 spiro atoms. The smallest absolute Gasteiger partial charge is 0.407 e. The molecule has 0 radical (unpaired) electrons. The summed E-state index contributed by atoms with van der Waals surface area (Å²) in [4.78, 5) is 14.5.